The van der Waals surface area contributed by atoms with Crippen molar-refractivity contribution < 1.29 is 14.6 Å². The molecule has 0 bridgehead atoms. The molecule has 84 valence electrons. The minimum Gasteiger partial charge on any atom is -0.380 e. The summed E-state index contributed by atoms with van der Waals surface area (Å²) < 4.78 is 10.7. The molecule has 0 saturated carbocycles. The van der Waals surface area contributed by atoms with Gasteiger partial charge in [-0.15, -0.1) is 6.58 Å². The zero-order chi connectivity index (χ0) is 10.9. The Kier molecular flexibility index (Phi) is 6.10. The van der Waals surface area contributed by atoms with E-state index in [9.17, 15) is 5.11 Å². The van der Waals surface area contributed by atoms with Crippen LogP contribution in [0, 0.1) is 11.8 Å². The fourth-order valence-electron chi connectivity index (χ4n) is 1.35. The van der Waals surface area contributed by atoms with Crippen LogP contribution in [0.25, 0.3) is 0 Å². The van der Waals surface area contributed by atoms with Crippen LogP contribution in [0.3, 0.4) is 0 Å². The van der Waals surface area contributed by atoms with Gasteiger partial charge in [0.1, 0.15) is 12.7 Å². The maximum absolute atomic E-state index is 9.25. The van der Waals surface area contributed by atoms with Gasteiger partial charge in [0.15, 0.2) is 6.29 Å². The van der Waals surface area contributed by atoms with Crippen molar-refractivity contribution in [1.82, 2.24) is 0 Å². The highest BCUT2D eigenvalue weighted by atomic mass is 16.7. The molecule has 0 aromatic rings. The van der Waals surface area contributed by atoms with Crippen molar-refractivity contribution in [2.45, 2.75) is 38.1 Å². The van der Waals surface area contributed by atoms with Gasteiger partial charge in [-0.05, 0) is 19.3 Å². The molecule has 0 amide bonds. The van der Waals surface area contributed by atoms with E-state index in [1.54, 1.807) is 6.08 Å². The molecule has 1 rings (SSSR count). The molecule has 3 nitrogen and oxygen atoms in total. The van der Waals surface area contributed by atoms with Crippen molar-refractivity contribution in [1.29, 1.82) is 0 Å². The van der Waals surface area contributed by atoms with Crippen molar-refractivity contribution in [3.63, 3.8) is 0 Å². The van der Waals surface area contributed by atoms with Crippen LogP contribution in [0.1, 0.15) is 25.7 Å². The minimum atomic E-state index is -0.627. The quantitative estimate of drug-likeness (QED) is 0.564. The van der Waals surface area contributed by atoms with Crippen LogP contribution in [0.15, 0.2) is 12.7 Å². The summed E-state index contributed by atoms with van der Waals surface area (Å²) >= 11 is 0. The zero-order valence-corrected chi connectivity index (χ0v) is 8.95. The van der Waals surface area contributed by atoms with Gasteiger partial charge < -0.3 is 14.6 Å². The first-order valence-electron chi connectivity index (χ1n) is 5.33. The molecule has 0 radical (unpaired) electrons. The highest BCUT2D eigenvalue weighted by Crippen LogP contribution is 2.12. The lowest BCUT2D eigenvalue weighted by Crippen LogP contribution is -2.22. The van der Waals surface area contributed by atoms with Gasteiger partial charge in [-0.25, -0.2) is 0 Å². The number of rotatable bonds is 4. The maximum Gasteiger partial charge on any atom is 0.158 e. The molecule has 1 heterocycles. The molecule has 0 aromatic heterocycles. The Hall–Kier alpha value is -0.820. The Morgan fingerprint density at radius 2 is 2.47 bits per heavy atom. The summed E-state index contributed by atoms with van der Waals surface area (Å²) in [5.74, 6) is 5.44. The normalized spacial score (nSPS) is 22.6. The fraction of sp³-hybridized carbons (Fsp3) is 0.667. The Balaban J connectivity index is 2.10. The summed E-state index contributed by atoms with van der Waals surface area (Å²) in [5, 5.41) is 9.25. The van der Waals surface area contributed by atoms with Crippen LogP contribution in [0.5, 0.6) is 0 Å². The lowest BCUT2D eigenvalue weighted by atomic mass is 10.2. The molecule has 15 heavy (non-hydrogen) atoms. The first-order valence-corrected chi connectivity index (χ1v) is 5.33. The van der Waals surface area contributed by atoms with E-state index in [2.05, 4.69) is 18.4 Å². The zero-order valence-electron chi connectivity index (χ0n) is 8.95. The summed E-state index contributed by atoms with van der Waals surface area (Å²) in [6, 6.07) is 0. The molecule has 1 N–H and O–H groups in total. The third-order valence-corrected chi connectivity index (χ3v) is 2.14. The smallest absolute Gasteiger partial charge is 0.158 e. The van der Waals surface area contributed by atoms with Crippen LogP contribution in [0.2, 0.25) is 0 Å². The first-order chi connectivity index (χ1) is 7.33. The van der Waals surface area contributed by atoms with Gasteiger partial charge in [0, 0.05) is 13.0 Å². The second-order valence-electron chi connectivity index (χ2n) is 3.47. The van der Waals surface area contributed by atoms with Gasteiger partial charge in [0.05, 0.1) is 0 Å². The van der Waals surface area contributed by atoms with Gasteiger partial charge in [-0.2, -0.15) is 0 Å². The number of hydrogen-bond donors (Lipinski definition) is 1. The van der Waals surface area contributed by atoms with Gasteiger partial charge in [0.25, 0.3) is 0 Å². The van der Waals surface area contributed by atoms with Gasteiger partial charge in [0.2, 0.25) is 0 Å². The van der Waals surface area contributed by atoms with Crippen LogP contribution in [-0.4, -0.2) is 30.7 Å². The molecular weight excluding hydrogens is 192 g/mol. The standard InChI is InChI=1S/C12H18O3/c1-2-6-11(13)7-5-10-15-12-8-3-4-9-14-12/h2,11-13H,1,3-4,6,8-10H2/t11-,12?/m0/s1. The Morgan fingerprint density at radius 1 is 1.60 bits per heavy atom. The molecule has 0 spiro atoms. The summed E-state index contributed by atoms with van der Waals surface area (Å²) in [4.78, 5) is 0. The van der Waals surface area contributed by atoms with E-state index in [1.165, 1.54) is 0 Å². The minimum absolute atomic E-state index is 0.107. The van der Waals surface area contributed by atoms with E-state index in [0.717, 1.165) is 25.9 Å². The number of ether oxygens (including phenoxy) is 2. The second-order valence-corrected chi connectivity index (χ2v) is 3.47. The molecule has 1 saturated heterocycles. The van der Waals surface area contributed by atoms with Crippen LogP contribution >= 0.6 is 0 Å². The summed E-state index contributed by atoms with van der Waals surface area (Å²) in [5.41, 5.74) is 0. The molecule has 0 aromatic carbocycles. The summed E-state index contributed by atoms with van der Waals surface area (Å²) in [6.45, 7) is 4.62. The molecular formula is C12H18O3. The number of aliphatic hydroxyl groups is 1. The third-order valence-electron chi connectivity index (χ3n) is 2.14. The van der Waals surface area contributed by atoms with E-state index < -0.39 is 6.10 Å². The maximum atomic E-state index is 9.25. The van der Waals surface area contributed by atoms with Gasteiger partial charge >= 0.3 is 0 Å². The number of hydrogen-bond acceptors (Lipinski definition) is 3. The van der Waals surface area contributed by atoms with E-state index >= 15 is 0 Å². The van der Waals surface area contributed by atoms with E-state index in [-0.39, 0.29) is 6.29 Å². The topological polar surface area (TPSA) is 38.7 Å². The molecule has 1 fully saturated rings. The predicted molar refractivity (Wildman–Crippen MR) is 58.1 cm³/mol. The third kappa shape index (κ3) is 5.58. The van der Waals surface area contributed by atoms with Crippen LogP contribution in [0.4, 0.5) is 0 Å². The SMILES string of the molecule is C=CC[C@H](O)C#CCOC1CCCCO1. The fourth-order valence-corrected chi connectivity index (χ4v) is 1.35. The molecule has 2 atom stereocenters. The molecule has 3 heteroatoms. The molecule has 1 unspecified atom stereocenters. The van der Waals surface area contributed by atoms with Gasteiger partial charge in [-0.1, -0.05) is 17.9 Å². The van der Waals surface area contributed by atoms with Crippen molar-refractivity contribution >= 4 is 0 Å². The Morgan fingerprint density at radius 3 is 3.13 bits per heavy atom. The summed E-state index contributed by atoms with van der Waals surface area (Å²) in [6.07, 6.45) is 4.61. The van der Waals surface area contributed by atoms with E-state index in [0.29, 0.717) is 13.0 Å². The van der Waals surface area contributed by atoms with Crippen LogP contribution < -0.4 is 0 Å². The summed E-state index contributed by atoms with van der Waals surface area (Å²) in [7, 11) is 0. The first kappa shape index (κ1) is 12.3. The van der Waals surface area contributed by atoms with Crippen LogP contribution in [-0.2, 0) is 9.47 Å². The van der Waals surface area contributed by atoms with E-state index in [4.69, 9.17) is 9.47 Å². The predicted octanol–water partition coefficient (Wildman–Crippen LogP) is 1.47. The highest BCUT2D eigenvalue weighted by molar-refractivity contribution is 5.06. The molecule has 1 aliphatic rings. The monoisotopic (exact) mass is 210 g/mol. The average Bonchev–Trinajstić information content (AvgIpc) is 2.26. The molecule has 0 aliphatic carbocycles. The van der Waals surface area contributed by atoms with Gasteiger partial charge in [-0.3, -0.25) is 0 Å². The lowest BCUT2D eigenvalue weighted by molar-refractivity contribution is -0.154. The highest BCUT2D eigenvalue weighted by Gasteiger charge is 2.12. The largest absolute Gasteiger partial charge is 0.380 e. The van der Waals surface area contributed by atoms with Crippen molar-refractivity contribution in [3.8, 4) is 11.8 Å². The van der Waals surface area contributed by atoms with E-state index in [1.807, 2.05) is 0 Å². The van der Waals surface area contributed by atoms with Crippen molar-refractivity contribution in [3.05, 3.63) is 12.7 Å². The second kappa shape index (κ2) is 7.47. The van der Waals surface area contributed by atoms with Crippen molar-refractivity contribution in [2.24, 2.45) is 0 Å². The van der Waals surface area contributed by atoms with Crippen molar-refractivity contribution in [2.75, 3.05) is 13.2 Å². The Labute approximate surface area is 91.1 Å². The average molecular weight is 210 g/mol. The number of aliphatic hydroxyl groups excluding tert-OH is 1. The lowest BCUT2D eigenvalue weighted by Gasteiger charge is -2.21. The Bertz CT molecular complexity index is 233. The molecule has 1 aliphatic heterocycles.